The molecule has 7 heteroatoms. The van der Waals surface area contributed by atoms with Gasteiger partial charge in [-0.25, -0.2) is 8.42 Å². The van der Waals surface area contributed by atoms with E-state index in [1.54, 1.807) is 30.3 Å². The topological polar surface area (TPSA) is 66.5 Å². The molecule has 0 unspecified atom stereocenters. The Balaban J connectivity index is 1.79. The number of carbonyl (C=O) groups is 1. The predicted octanol–water partition coefficient (Wildman–Crippen LogP) is 3.57. The van der Waals surface area contributed by atoms with E-state index in [1.165, 1.54) is 21.7 Å². The summed E-state index contributed by atoms with van der Waals surface area (Å²) >= 11 is 1.53. The quantitative estimate of drug-likeness (QED) is 0.811. The lowest BCUT2D eigenvalue weighted by Gasteiger charge is -2.26. The largest absolute Gasteiger partial charge is 0.321 e. The van der Waals surface area contributed by atoms with Crippen molar-refractivity contribution in [2.75, 3.05) is 18.4 Å². The van der Waals surface area contributed by atoms with Crippen LogP contribution >= 0.6 is 11.3 Å². The summed E-state index contributed by atoms with van der Waals surface area (Å²) in [4.78, 5) is 13.3. The number of hydrogen-bond donors (Lipinski definition) is 1. The maximum atomic E-state index is 12.9. The van der Waals surface area contributed by atoms with Crippen molar-refractivity contribution in [3.05, 3.63) is 52.7 Å². The van der Waals surface area contributed by atoms with Crippen molar-refractivity contribution < 1.29 is 13.2 Å². The van der Waals surface area contributed by atoms with E-state index in [0.717, 1.165) is 24.1 Å². The minimum atomic E-state index is -3.60. The van der Waals surface area contributed by atoms with Crippen LogP contribution in [0.15, 0.2) is 52.7 Å². The molecule has 0 spiro atoms. The van der Waals surface area contributed by atoms with Crippen LogP contribution in [0.5, 0.6) is 0 Å². The Hall–Kier alpha value is -1.96. The molecule has 1 saturated heterocycles. The molecule has 3 rings (SSSR count). The second-order valence-electron chi connectivity index (χ2n) is 5.80. The zero-order valence-electron chi connectivity index (χ0n) is 13.7. The van der Waals surface area contributed by atoms with Crippen molar-refractivity contribution in [3.8, 4) is 0 Å². The minimum Gasteiger partial charge on any atom is -0.321 e. The van der Waals surface area contributed by atoms with Crippen molar-refractivity contribution in [1.29, 1.82) is 0 Å². The molecule has 1 amide bonds. The molecule has 2 heterocycles. The van der Waals surface area contributed by atoms with Gasteiger partial charge in [-0.15, -0.1) is 11.3 Å². The highest BCUT2D eigenvalue weighted by molar-refractivity contribution is 7.89. The van der Waals surface area contributed by atoms with Crippen molar-refractivity contribution >= 4 is 39.0 Å². The number of carbonyl (C=O) groups excluding carboxylic acids is 1. The number of nitrogens with zero attached hydrogens (tertiary/aromatic N) is 1. The Bertz CT molecular complexity index is 852. The number of piperidine rings is 1. The van der Waals surface area contributed by atoms with Crippen LogP contribution in [0.1, 0.15) is 24.1 Å². The first kappa shape index (κ1) is 17.8. The highest BCUT2D eigenvalue weighted by Gasteiger charge is 2.28. The summed E-state index contributed by atoms with van der Waals surface area (Å²) in [5, 5.41) is 4.62. The van der Waals surface area contributed by atoms with Crippen molar-refractivity contribution in [1.82, 2.24) is 4.31 Å². The third kappa shape index (κ3) is 4.36. The van der Waals surface area contributed by atoms with E-state index in [4.69, 9.17) is 0 Å². The lowest BCUT2D eigenvalue weighted by molar-refractivity contribution is -0.111. The SMILES string of the molecule is O=C(C=Cc1cccs1)Nc1ccccc1S(=O)(=O)N1CCCCC1. The minimum absolute atomic E-state index is 0.148. The number of sulfonamides is 1. The van der Waals surface area contributed by atoms with E-state index >= 15 is 0 Å². The molecule has 0 atom stereocenters. The van der Waals surface area contributed by atoms with Crippen LogP contribution in [0.2, 0.25) is 0 Å². The Morgan fingerprint density at radius 3 is 2.56 bits per heavy atom. The molecule has 1 aliphatic heterocycles. The fourth-order valence-electron chi connectivity index (χ4n) is 2.76. The van der Waals surface area contributed by atoms with Gasteiger partial charge in [0.2, 0.25) is 15.9 Å². The Kier molecular flexibility index (Phi) is 5.67. The molecule has 1 aromatic heterocycles. The first-order valence-corrected chi connectivity index (χ1v) is 10.5. The Morgan fingerprint density at radius 1 is 1.08 bits per heavy atom. The fraction of sp³-hybridized carbons (Fsp3) is 0.278. The maximum absolute atomic E-state index is 12.9. The van der Waals surface area contributed by atoms with Gasteiger partial charge in [-0.05, 0) is 42.5 Å². The number of anilines is 1. The average Bonchev–Trinajstić information content (AvgIpc) is 3.15. The number of amides is 1. The number of benzene rings is 1. The van der Waals surface area contributed by atoms with Crippen molar-refractivity contribution in [2.24, 2.45) is 0 Å². The van der Waals surface area contributed by atoms with Crippen LogP contribution in [0.3, 0.4) is 0 Å². The number of thiophene rings is 1. The number of nitrogens with one attached hydrogen (secondary N) is 1. The van der Waals surface area contributed by atoms with Gasteiger partial charge in [-0.1, -0.05) is 24.6 Å². The van der Waals surface area contributed by atoms with Crippen LogP contribution in [-0.4, -0.2) is 31.7 Å². The number of rotatable bonds is 5. The van der Waals surface area contributed by atoms with Crippen LogP contribution < -0.4 is 5.32 Å². The van der Waals surface area contributed by atoms with Gasteiger partial charge in [0.25, 0.3) is 0 Å². The molecule has 5 nitrogen and oxygen atoms in total. The summed E-state index contributed by atoms with van der Waals surface area (Å²) in [6.07, 6.45) is 5.92. The van der Waals surface area contributed by atoms with Gasteiger partial charge in [-0.3, -0.25) is 4.79 Å². The smallest absolute Gasteiger partial charge is 0.248 e. The summed E-state index contributed by atoms with van der Waals surface area (Å²) in [5.41, 5.74) is 0.314. The molecule has 0 radical (unpaired) electrons. The fourth-order valence-corrected chi connectivity index (χ4v) is 5.04. The Morgan fingerprint density at radius 2 is 1.84 bits per heavy atom. The molecule has 0 bridgehead atoms. The summed E-state index contributed by atoms with van der Waals surface area (Å²) in [6, 6.07) is 10.4. The van der Waals surface area contributed by atoms with E-state index in [2.05, 4.69) is 5.32 Å². The van der Waals surface area contributed by atoms with Gasteiger partial charge >= 0.3 is 0 Å². The zero-order chi connectivity index (χ0) is 17.7. The van der Waals surface area contributed by atoms with Gasteiger partial charge in [-0.2, -0.15) is 4.31 Å². The molecule has 1 N–H and O–H groups in total. The number of para-hydroxylation sites is 1. The molecule has 1 aliphatic rings. The van der Waals surface area contributed by atoms with Gasteiger partial charge < -0.3 is 5.32 Å². The summed E-state index contributed by atoms with van der Waals surface area (Å²) in [7, 11) is -3.60. The summed E-state index contributed by atoms with van der Waals surface area (Å²) in [6.45, 7) is 1.06. The standard InChI is InChI=1S/C18H20N2O3S2/c21-18(11-10-15-7-6-14-24-15)19-16-8-2-3-9-17(16)25(22,23)20-12-4-1-5-13-20/h2-3,6-11,14H,1,4-5,12-13H2,(H,19,21). The van der Waals surface area contributed by atoms with E-state index in [0.29, 0.717) is 18.8 Å². The predicted molar refractivity (Wildman–Crippen MR) is 101 cm³/mol. The summed E-state index contributed by atoms with van der Waals surface area (Å²) in [5.74, 6) is -0.352. The van der Waals surface area contributed by atoms with Crippen LogP contribution in [-0.2, 0) is 14.8 Å². The van der Waals surface area contributed by atoms with Crippen LogP contribution in [0, 0.1) is 0 Å². The Labute approximate surface area is 152 Å². The number of hydrogen-bond acceptors (Lipinski definition) is 4. The lowest BCUT2D eigenvalue weighted by Crippen LogP contribution is -2.36. The first-order chi connectivity index (χ1) is 12.1. The van der Waals surface area contributed by atoms with Gasteiger partial charge in [0, 0.05) is 24.0 Å². The van der Waals surface area contributed by atoms with Gasteiger partial charge in [0.05, 0.1) is 5.69 Å². The molecular formula is C18H20N2O3S2. The van der Waals surface area contributed by atoms with Crippen LogP contribution in [0.4, 0.5) is 5.69 Å². The van der Waals surface area contributed by atoms with Gasteiger partial charge in [0.15, 0.2) is 0 Å². The molecular weight excluding hydrogens is 356 g/mol. The van der Waals surface area contributed by atoms with E-state index in [9.17, 15) is 13.2 Å². The average molecular weight is 377 g/mol. The maximum Gasteiger partial charge on any atom is 0.248 e. The highest BCUT2D eigenvalue weighted by Crippen LogP contribution is 2.26. The van der Waals surface area contributed by atoms with Crippen molar-refractivity contribution in [3.63, 3.8) is 0 Å². The second-order valence-corrected chi connectivity index (χ2v) is 8.68. The second kappa shape index (κ2) is 7.95. The normalized spacial score (nSPS) is 16.2. The molecule has 1 aromatic carbocycles. The third-order valence-electron chi connectivity index (χ3n) is 4.02. The first-order valence-electron chi connectivity index (χ1n) is 8.19. The molecule has 1 fully saturated rings. The summed E-state index contributed by atoms with van der Waals surface area (Å²) < 4.78 is 27.3. The molecule has 25 heavy (non-hydrogen) atoms. The third-order valence-corrected chi connectivity index (χ3v) is 6.81. The van der Waals surface area contributed by atoms with Crippen molar-refractivity contribution in [2.45, 2.75) is 24.2 Å². The highest BCUT2D eigenvalue weighted by atomic mass is 32.2. The van der Waals surface area contributed by atoms with Crippen LogP contribution in [0.25, 0.3) is 6.08 Å². The molecule has 0 saturated carbocycles. The molecule has 2 aromatic rings. The molecule has 0 aliphatic carbocycles. The lowest BCUT2D eigenvalue weighted by atomic mass is 10.2. The van der Waals surface area contributed by atoms with E-state index in [-0.39, 0.29) is 10.8 Å². The zero-order valence-corrected chi connectivity index (χ0v) is 15.4. The van der Waals surface area contributed by atoms with E-state index < -0.39 is 10.0 Å². The van der Waals surface area contributed by atoms with E-state index in [1.807, 2.05) is 17.5 Å². The molecule has 132 valence electrons. The monoisotopic (exact) mass is 376 g/mol. The van der Waals surface area contributed by atoms with Gasteiger partial charge in [0.1, 0.15) is 4.90 Å².